The van der Waals surface area contributed by atoms with E-state index in [0.717, 1.165) is 10.9 Å². The summed E-state index contributed by atoms with van der Waals surface area (Å²) < 4.78 is 18.4. The molecule has 0 radical (unpaired) electrons. The van der Waals surface area contributed by atoms with Crippen LogP contribution in [0.15, 0.2) is 44.7 Å². The Morgan fingerprint density at radius 2 is 2.07 bits per heavy atom. The fourth-order valence-corrected chi connectivity index (χ4v) is 3.48. The van der Waals surface area contributed by atoms with Crippen LogP contribution in [0.25, 0.3) is 10.9 Å². The van der Waals surface area contributed by atoms with Gasteiger partial charge in [0.25, 0.3) is 5.56 Å². The normalized spacial score (nSPS) is 13.9. The first-order chi connectivity index (χ1) is 14.0. The molecule has 2 heterocycles. The number of fused-ring (bicyclic) bond motifs is 2. The number of methoxy groups -OCH3 is 1. The minimum atomic E-state index is -0.220. The molecule has 8 heteroatoms. The zero-order valence-electron chi connectivity index (χ0n) is 16.3. The van der Waals surface area contributed by atoms with Crippen molar-refractivity contribution in [3.63, 3.8) is 0 Å². The van der Waals surface area contributed by atoms with Crippen molar-refractivity contribution >= 4 is 33.0 Å². The highest BCUT2D eigenvalue weighted by molar-refractivity contribution is 9.10. The number of halogens is 1. The fourth-order valence-electron chi connectivity index (χ4n) is 3.12. The molecule has 1 aliphatic heterocycles. The second kappa shape index (κ2) is 7.87. The molecule has 0 bridgehead atoms. The van der Waals surface area contributed by atoms with Gasteiger partial charge in [-0.2, -0.15) is 9.78 Å². The van der Waals surface area contributed by atoms with Gasteiger partial charge in [-0.25, -0.2) is 4.98 Å². The summed E-state index contributed by atoms with van der Waals surface area (Å²) in [5.74, 6) is 2.48. The minimum Gasteiger partial charge on any atom is -0.496 e. The van der Waals surface area contributed by atoms with E-state index in [1.54, 1.807) is 31.5 Å². The molecule has 0 N–H and O–H groups in total. The van der Waals surface area contributed by atoms with Crippen LogP contribution >= 0.6 is 15.9 Å². The van der Waals surface area contributed by atoms with Crippen LogP contribution in [0.3, 0.4) is 0 Å². The molecule has 0 fully saturated rings. The fraction of sp³-hybridized carbons (Fsp3) is 0.286. The van der Waals surface area contributed by atoms with Crippen molar-refractivity contribution in [2.45, 2.75) is 26.2 Å². The van der Waals surface area contributed by atoms with Gasteiger partial charge in [-0.1, -0.05) is 29.8 Å². The molecular weight excluding hydrogens is 438 g/mol. The molecule has 2 aromatic carbocycles. The highest BCUT2D eigenvalue weighted by Crippen LogP contribution is 2.37. The summed E-state index contributed by atoms with van der Waals surface area (Å²) >= 11 is 3.42. The van der Waals surface area contributed by atoms with Crippen LogP contribution in [0, 0.1) is 0 Å². The number of benzene rings is 2. The zero-order chi connectivity index (χ0) is 20.5. The van der Waals surface area contributed by atoms with Crippen LogP contribution in [0.1, 0.15) is 37.6 Å². The Kier molecular flexibility index (Phi) is 5.27. The quantitative estimate of drug-likeness (QED) is 0.534. The highest BCUT2D eigenvalue weighted by Gasteiger charge is 2.18. The van der Waals surface area contributed by atoms with Gasteiger partial charge in [0.2, 0.25) is 6.79 Å². The molecular formula is C21H20BrN3O4. The second-order valence-electron chi connectivity index (χ2n) is 6.75. The van der Waals surface area contributed by atoms with Gasteiger partial charge < -0.3 is 14.2 Å². The van der Waals surface area contributed by atoms with Crippen LogP contribution in [0.2, 0.25) is 0 Å². The molecule has 4 rings (SSSR count). The molecule has 3 aromatic rings. The first kappa shape index (κ1) is 19.4. The minimum absolute atomic E-state index is 0.0616. The number of hydrogen-bond acceptors (Lipinski definition) is 6. The smallest absolute Gasteiger partial charge is 0.282 e. The van der Waals surface area contributed by atoms with E-state index in [4.69, 9.17) is 19.2 Å². The van der Waals surface area contributed by atoms with Gasteiger partial charge in [0.15, 0.2) is 11.5 Å². The number of aromatic nitrogens is 2. The topological polar surface area (TPSA) is 74.9 Å². The monoisotopic (exact) mass is 457 g/mol. The van der Waals surface area contributed by atoms with E-state index in [9.17, 15) is 4.79 Å². The molecule has 0 saturated heterocycles. The van der Waals surface area contributed by atoms with Gasteiger partial charge in [-0.3, -0.25) is 4.79 Å². The Morgan fingerprint density at radius 1 is 1.31 bits per heavy atom. The zero-order valence-corrected chi connectivity index (χ0v) is 17.9. The maximum atomic E-state index is 13.2. The first-order valence-electron chi connectivity index (χ1n) is 9.26. The van der Waals surface area contributed by atoms with E-state index in [-0.39, 0.29) is 18.3 Å². The summed E-state index contributed by atoms with van der Waals surface area (Å²) in [6.45, 7) is 4.25. The number of nitrogens with zero attached hydrogens (tertiary/aromatic N) is 3. The molecule has 7 nitrogen and oxygen atoms in total. The molecule has 0 unspecified atom stereocenters. The highest BCUT2D eigenvalue weighted by atomic mass is 79.9. The second-order valence-corrected chi connectivity index (χ2v) is 7.67. The summed E-state index contributed by atoms with van der Waals surface area (Å²) in [7, 11) is 1.57. The average Bonchev–Trinajstić information content (AvgIpc) is 3.19. The van der Waals surface area contributed by atoms with Crippen LogP contribution in [0.4, 0.5) is 0 Å². The summed E-state index contributed by atoms with van der Waals surface area (Å²) in [6.07, 6.45) is 2.41. The predicted molar refractivity (Wildman–Crippen MR) is 115 cm³/mol. The lowest BCUT2D eigenvalue weighted by Crippen LogP contribution is -2.23. The number of ether oxygens (including phenoxy) is 3. The van der Waals surface area contributed by atoms with Crippen molar-refractivity contribution in [1.29, 1.82) is 0 Å². The molecule has 0 saturated carbocycles. The lowest BCUT2D eigenvalue weighted by Gasteiger charge is -2.14. The largest absolute Gasteiger partial charge is 0.496 e. The van der Waals surface area contributed by atoms with Crippen LogP contribution in [0.5, 0.6) is 17.2 Å². The van der Waals surface area contributed by atoms with E-state index in [1.807, 2.05) is 19.1 Å². The van der Waals surface area contributed by atoms with Gasteiger partial charge in [0.1, 0.15) is 11.6 Å². The van der Waals surface area contributed by atoms with Gasteiger partial charge in [-0.05, 0) is 30.7 Å². The SMILES string of the molecule is CC[C@@H](C)c1nc2ccc(Br)cc2c(=O)n1N=Cc1cc2c(cc1OC)OCO2. The van der Waals surface area contributed by atoms with E-state index in [2.05, 4.69) is 28.0 Å². The summed E-state index contributed by atoms with van der Waals surface area (Å²) in [5.41, 5.74) is 1.11. The molecule has 0 amide bonds. The molecule has 29 heavy (non-hydrogen) atoms. The Bertz CT molecular complexity index is 1170. The van der Waals surface area contributed by atoms with Crippen molar-refractivity contribution in [3.05, 3.63) is 56.5 Å². The molecule has 0 aliphatic carbocycles. The lowest BCUT2D eigenvalue weighted by atomic mass is 10.1. The van der Waals surface area contributed by atoms with Gasteiger partial charge in [0, 0.05) is 22.0 Å². The van der Waals surface area contributed by atoms with Crippen molar-refractivity contribution in [2.24, 2.45) is 5.10 Å². The van der Waals surface area contributed by atoms with E-state index in [1.165, 1.54) is 4.68 Å². The molecule has 1 aromatic heterocycles. The van der Waals surface area contributed by atoms with Gasteiger partial charge in [-0.15, -0.1) is 0 Å². The molecule has 150 valence electrons. The Balaban J connectivity index is 1.87. The molecule has 1 atom stereocenters. The van der Waals surface area contributed by atoms with Crippen LogP contribution in [-0.4, -0.2) is 29.8 Å². The van der Waals surface area contributed by atoms with Crippen molar-refractivity contribution in [1.82, 2.24) is 9.66 Å². The van der Waals surface area contributed by atoms with Crippen LogP contribution in [-0.2, 0) is 0 Å². The average molecular weight is 458 g/mol. The first-order valence-corrected chi connectivity index (χ1v) is 10.0. The maximum absolute atomic E-state index is 13.2. The van der Waals surface area contributed by atoms with Gasteiger partial charge >= 0.3 is 0 Å². The maximum Gasteiger partial charge on any atom is 0.282 e. The Morgan fingerprint density at radius 3 is 2.79 bits per heavy atom. The molecule has 0 spiro atoms. The third-order valence-corrected chi connectivity index (χ3v) is 5.42. The van der Waals surface area contributed by atoms with Crippen molar-refractivity contribution < 1.29 is 14.2 Å². The number of rotatable bonds is 5. The van der Waals surface area contributed by atoms with Gasteiger partial charge in [0.05, 0.1) is 24.2 Å². The molecule has 1 aliphatic rings. The van der Waals surface area contributed by atoms with E-state index < -0.39 is 0 Å². The van der Waals surface area contributed by atoms with Crippen molar-refractivity contribution in [2.75, 3.05) is 13.9 Å². The summed E-state index contributed by atoms with van der Waals surface area (Å²) in [5, 5.41) is 4.99. The number of hydrogen-bond donors (Lipinski definition) is 0. The summed E-state index contributed by atoms with van der Waals surface area (Å²) in [4.78, 5) is 17.9. The lowest BCUT2D eigenvalue weighted by molar-refractivity contribution is 0.174. The predicted octanol–water partition coefficient (Wildman–Crippen LogP) is 4.29. The Hall–Kier alpha value is -2.87. The third-order valence-electron chi connectivity index (χ3n) is 4.92. The third kappa shape index (κ3) is 3.60. The summed E-state index contributed by atoms with van der Waals surface area (Å²) in [6, 6.07) is 9.00. The Labute approximate surface area is 176 Å². The van der Waals surface area contributed by atoms with E-state index in [0.29, 0.717) is 39.5 Å². The standard InChI is InChI=1S/C21H20BrN3O4/c1-4-12(2)20-24-16-6-5-14(22)8-15(16)21(26)25(20)23-10-13-7-18-19(29-11-28-18)9-17(13)27-3/h5-10,12H,4,11H2,1-3H3/t12-/m1/s1. The van der Waals surface area contributed by atoms with Crippen LogP contribution < -0.4 is 19.8 Å². The van der Waals surface area contributed by atoms with E-state index >= 15 is 0 Å². The van der Waals surface area contributed by atoms with Crippen molar-refractivity contribution in [3.8, 4) is 17.2 Å².